The number of carboxylic acids is 1. The second kappa shape index (κ2) is 4.77. The van der Waals surface area contributed by atoms with Gasteiger partial charge >= 0.3 is 5.97 Å². The summed E-state index contributed by atoms with van der Waals surface area (Å²) < 4.78 is 4.91. The number of hydrogen-bond acceptors (Lipinski definition) is 4. The number of nitrogens with two attached hydrogens (primary N) is 1. The number of aromatic carboxylic acids is 1. The van der Waals surface area contributed by atoms with Crippen molar-refractivity contribution in [2.24, 2.45) is 5.73 Å². The van der Waals surface area contributed by atoms with Crippen molar-refractivity contribution >= 4 is 5.97 Å². The average molecular weight is 211 g/mol. The Morgan fingerprint density at radius 2 is 2.27 bits per heavy atom. The highest BCUT2D eigenvalue weighted by Gasteiger charge is 2.16. The van der Waals surface area contributed by atoms with Gasteiger partial charge in [0.15, 0.2) is 0 Å². The number of rotatable bonds is 4. The molecule has 0 saturated heterocycles. The Balaban J connectivity index is 3.21. The van der Waals surface area contributed by atoms with Gasteiger partial charge < -0.3 is 20.7 Å². The van der Waals surface area contributed by atoms with Gasteiger partial charge in [0.1, 0.15) is 5.75 Å². The Kier molecular flexibility index (Phi) is 3.65. The molecule has 0 aliphatic rings. The van der Waals surface area contributed by atoms with Gasteiger partial charge in [-0.2, -0.15) is 0 Å². The second-order valence-electron chi connectivity index (χ2n) is 3.05. The number of ether oxygens (including phenoxy) is 1. The lowest BCUT2D eigenvalue weighted by Gasteiger charge is -2.12. The standard InChI is InChI=1S/C10H13NO4/c1-15-6-2-3-7(9(11)5-12)8(4-6)10(13)14/h2-4,9,12H,5,11H2,1H3,(H,13,14)/t9-/m0/s1. The zero-order chi connectivity index (χ0) is 11.4. The van der Waals surface area contributed by atoms with Gasteiger partial charge in [0.05, 0.1) is 25.3 Å². The molecule has 5 nitrogen and oxygen atoms in total. The fraction of sp³-hybridized carbons (Fsp3) is 0.300. The minimum Gasteiger partial charge on any atom is -0.497 e. The van der Waals surface area contributed by atoms with E-state index >= 15 is 0 Å². The zero-order valence-electron chi connectivity index (χ0n) is 8.30. The van der Waals surface area contributed by atoms with Crippen LogP contribution in [0.15, 0.2) is 18.2 Å². The van der Waals surface area contributed by atoms with Gasteiger partial charge in [-0.05, 0) is 17.7 Å². The van der Waals surface area contributed by atoms with Crippen LogP contribution < -0.4 is 10.5 Å². The molecule has 0 spiro atoms. The van der Waals surface area contributed by atoms with Crippen LogP contribution >= 0.6 is 0 Å². The highest BCUT2D eigenvalue weighted by Crippen LogP contribution is 2.21. The number of hydrogen-bond donors (Lipinski definition) is 3. The molecule has 82 valence electrons. The van der Waals surface area contributed by atoms with Crippen LogP contribution in [-0.4, -0.2) is 29.9 Å². The van der Waals surface area contributed by atoms with E-state index in [9.17, 15) is 4.79 Å². The van der Waals surface area contributed by atoms with E-state index in [1.54, 1.807) is 12.1 Å². The fourth-order valence-electron chi connectivity index (χ4n) is 1.27. The largest absolute Gasteiger partial charge is 0.497 e. The van der Waals surface area contributed by atoms with E-state index in [-0.39, 0.29) is 12.2 Å². The first-order chi connectivity index (χ1) is 7.10. The summed E-state index contributed by atoms with van der Waals surface area (Å²) in [6, 6.07) is 3.84. The minimum atomic E-state index is -1.09. The monoisotopic (exact) mass is 211 g/mol. The Labute approximate surface area is 87.1 Å². The molecule has 4 N–H and O–H groups in total. The van der Waals surface area contributed by atoms with Crippen molar-refractivity contribution in [3.63, 3.8) is 0 Å². The molecule has 5 heteroatoms. The van der Waals surface area contributed by atoms with Crippen LogP contribution in [0, 0.1) is 0 Å². The number of benzene rings is 1. The summed E-state index contributed by atoms with van der Waals surface area (Å²) in [4.78, 5) is 10.9. The maximum Gasteiger partial charge on any atom is 0.336 e. The van der Waals surface area contributed by atoms with Gasteiger partial charge in [0.25, 0.3) is 0 Å². The lowest BCUT2D eigenvalue weighted by atomic mass is 10.0. The van der Waals surface area contributed by atoms with Crippen LogP contribution in [0.5, 0.6) is 5.75 Å². The second-order valence-corrected chi connectivity index (χ2v) is 3.05. The van der Waals surface area contributed by atoms with E-state index in [4.69, 9.17) is 20.7 Å². The summed E-state index contributed by atoms with van der Waals surface area (Å²) in [5, 5.41) is 17.8. The smallest absolute Gasteiger partial charge is 0.336 e. The van der Waals surface area contributed by atoms with Crippen molar-refractivity contribution in [2.75, 3.05) is 13.7 Å². The molecule has 0 heterocycles. The first-order valence-corrected chi connectivity index (χ1v) is 4.37. The fourth-order valence-corrected chi connectivity index (χ4v) is 1.27. The summed E-state index contributed by atoms with van der Waals surface area (Å²) in [7, 11) is 1.45. The van der Waals surface area contributed by atoms with Gasteiger partial charge in [-0.1, -0.05) is 6.07 Å². The Hall–Kier alpha value is -1.59. The number of aliphatic hydroxyl groups is 1. The molecule has 0 radical (unpaired) electrons. The Morgan fingerprint density at radius 3 is 2.73 bits per heavy atom. The molecule has 0 aliphatic heterocycles. The van der Waals surface area contributed by atoms with Gasteiger partial charge in [-0.3, -0.25) is 0 Å². The van der Waals surface area contributed by atoms with Crippen LogP contribution in [0.3, 0.4) is 0 Å². The lowest BCUT2D eigenvalue weighted by Crippen LogP contribution is -2.18. The number of carboxylic acid groups (broad SMARTS) is 1. The highest BCUT2D eigenvalue weighted by molar-refractivity contribution is 5.90. The van der Waals surface area contributed by atoms with Crippen LogP contribution in [0.4, 0.5) is 0 Å². The summed E-state index contributed by atoms with van der Waals surface area (Å²) in [6.07, 6.45) is 0. The van der Waals surface area contributed by atoms with Crippen molar-refractivity contribution in [3.8, 4) is 5.75 Å². The molecule has 0 unspecified atom stereocenters. The van der Waals surface area contributed by atoms with Gasteiger partial charge in [0.2, 0.25) is 0 Å². The van der Waals surface area contributed by atoms with Crippen LogP contribution in [-0.2, 0) is 0 Å². The highest BCUT2D eigenvalue weighted by atomic mass is 16.5. The van der Waals surface area contributed by atoms with Gasteiger partial charge in [-0.25, -0.2) is 4.79 Å². The molecule has 1 aromatic carbocycles. The molecule has 15 heavy (non-hydrogen) atoms. The minimum absolute atomic E-state index is 0.0518. The van der Waals surface area contributed by atoms with Crippen LogP contribution in [0.2, 0.25) is 0 Å². The van der Waals surface area contributed by atoms with E-state index < -0.39 is 12.0 Å². The zero-order valence-corrected chi connectivity index (χ0v) is 8.30. The van der Waals surface area contributed by atoms with Crippen LogP contribution in [0.25, 0.3) is 0 Å². The quantitative estimate of drug-likeness (QED) is 0.669. The van der Waals surface area contributed by atoms with E-state index in [0.29, 0.717) is 11.3 Å². The Morgan fingerprint density at radius 1 is 1.60 bits per heavy atom. The maximum atomic E-state index is 10.9. The summed E-state index contributed by atoms with van der Waals surface area (Å²) in [5.41, 5.74) is 6.02. The third kappa shape index (κ3) is 2.45. The van der Waals surface area contributed by atoms with E-state index in [0.717, 1.165) is 0 Å². The predicted octanol–water partition coefficient (Wildman–Crippen LogP) is 0.385. The van der Waals surface area contributed by atoms with Crippen LogP contribution in [0.1, 0.15) is 22.0 Å². The number of methoxy groups -OCH3 is 1. The molecule has 1 aromatic rings. The third-order valence-corrected chi connectivity index (χ3v) is 2.09. The first kappa shape index (κ1) is 11.5. The predicted molar refractivity (Wildman–Crippen MR) is 54.0 cm³/mol. The molecular formula is C10H13NO4. The summed E-state index contributed by atoms with van der Waals surface area (Å²) in [6.45, 7) is -0.299. The molecular weight excluding hydrogens is 198 g/mol. The summed E-state index contributed by atoms with van der Waals surface area (Å²) in [5.74, 6) is -0.644. The normalized spacial score (nSPS) is 12.2. The molecule has 1 atom stereocenters. The topological polar surface area (TPSA) is 92.8 Å². The van der Waals surface area contributed by atoms with E-state index in [1.807, 2.05) is 0 Å². The van der Waals surface area contributed by atoms with E-state index in [2.05, 4.69) is 0 Å². The van der Waals surface area contributed by atoms with Gasteiger partial charge in [-0.15, -0.1) is 0 Å². The lowest BCUT2D eigenvalue weighted by molar-refractivity contribution is 0.0694. The molecule has 0 fully saturated rings. The van der Waals surface area contributed by atoms with Crippen molar-refractivity contribution < 1.29 is 19.7 Å². The average Bonchev–Trinajstić information content (AvgIpc) is 2.27. The number of carbonyl (C=O) groups is 1. The molecule has 0 aromatic heterocycles. The molecule has 0 saturated carbocycles. The van der Waals surface area contributed by atoms with Gasteiger partial charge in [0, 0.05) is 0 Å². The van der Waals surface area contributed by atoms with E-state index in [1.165, 1.54) is 13.2 Å². The third-order valence-electron chi connectivity index (χ3n) is 2.09. The SMILES string of the molecule is COc1ccc([C@@H](N)CO)c(C(=O)O)c1. The number of aliphatic hydroxyl groups excluding tert-OH is 1. The van der Waals surface area contributed by atoms with Crippen molar-refractivity contribution in [2.45, 2.75) is 6.04 Å². The van der Waals surface area contributed by atoms with Crippen molar-refractivity contribution in [1.82, 2.24) is 0 Å². The first-order valence-electron chi connectivity index (χ1n) is 4.37. The maximum absolute atomic E-state index is 10.9. The van der Waals surface area contributed by atoms with Crippen molar-refractivity contribution in [3.05, 3.63) is 29.3 Å². The van der Waals surface area contributed by atoms with Crippen molar-refractivity contribution in [1.29, 1.82) is 0 Å². The Bertz CT molecular complexity index is 364. The molecule has 0 bridgehead atoms. The molecule has 0 aliphatic carbocycles. The molecule has 0 amide bonds. The summed E-state index contributed by atoms with van der Waals surface area (Å²) >= 11 is 0. The molecule has 1 rings (SSSR count).